The van der Waals surface area contributed by atoms with Gasteiger partial charge in [-0.15, -0.1) is 0 Å². The number of hydrogen-bond donors (Lipinski definition) is 1. The van der Waals surface area contributed by atoms with Gasteiger partial charge in [-0.2, -0.15) is 16.9 Å². The number of aromatic nitrogens is 3. The predicted molar refractivity (Wildman–Crippen MR) is 76.6 cm³/mol. The molecular weight excluding hydrogens is 244 g/mol. The van der Waals surface area contributed by atoms with Gasteiger partial charge >= 0.3 is 0 Å². The Hall–Kier alpha value is -0.550. The van der Waals surface area contributed by atoms with Crippen LogP contribution < -0.4 is 5.73 Å². The molecule has 0 bridgehead atoms. The van der Waals surface area contributed by atoms with E-state index in [0.717, 1.165) is 18.8 Å². The van der Waals surface area contributed by atoms with Crippen LogP contribution in [0.3, 0.4) is 0 Å². The van der Waals surface area contributed by atoms with E-state index >= 15 is 0 Å². The molecule has 1 aromatic rings. The number of nitrogens with zero attached hydrogens (tertiary/aromatic N) is 3. The Morgan fingerprint density at radius 3 is 3.00 bits per heavy atom. The molecule has 0 aliphatic carbocycles. The standard InChI is InChI=1S/C13H24N4S/c1-10(2)8-17-13(15-9-16-17)7-11(14)12-5-3-4-6-18-12/h9-12H,3-8,14H2,1-2H3. The summed E-state index contributed by atoms with van der Waals surface area (Å²) in [5.74, 6) is 2.89. The normalized spacial score (nSPS) is 22.3. The van der Waals surface area contributed by atoms with E-state index in [-0.39, 0.29) is 6.04 Å². The predicted octanol–water partition coefficient (Wildman–Crippen LogP) is 2.09. The van der Waals surface area contributed by atoms with Crippen LogP contribution in [0.15, 0.2) is 6.33 Å². The topological polar surface area (TPSA) is 56.7 Å². The third-order valence-electron chi connectivity index (χ3n) is 3.34. The first-order valence-corrected chi connectivity index (χ1v) is 7.95. The van der Waals surface area contributed by atoms with E-state index in [1.165, 1.54) is 25.0 Å². The molecule has 1 fully saturated rings. The summed E-state index contributed by atoms with van der Waals surface area (Å²) in [6.45, 7) is 5.32. The van der Waals surface area contributed by atoms with Gasteiger partial charge in [0, 0.05) is 24.3 Å². The quantitative estimate of drug-likeness (QED) is 0.888. The van der Waals surface area contributed by atoms with Gasteiger partial charge in [0.05, 0.1) is 0 Å². The van der Waals surface area contributed by atoms with Gasteiger partial charge in [0.15, 0.2) is 0 Å². The molecule has 0 saturated carbocycles. The lowest BCUT2D eigenvalue weighted by molar-refractivity contribution is 0.452. The van der Waals surface area contributed by atoms with E-state index in [9.17, 15) is 0 Å². The second kappa shape index (κ2) is 6.57. The summed E-state index contributed by atoms with van der Waals surface area (Å²) in [5, 5.41) is 4.90. The molecule has 0 spiro atoms. The zero-order valence-electron chi connectivity index (χ0n) is 11.4. The van der Waals surface area contributed by atoms with E-state index in [2.05, 4.69) is 23.9 Å². The van der Waals surface area contributed by atoms with Crippen molar-refractivity contribution in [3.05, 3.63) is 12.2 Å². The molecule has 1 aliphatic rings. The number of rotatable bonds is 5. The molecule has 1 aromatic heterocycles. The van der Waals surface area contributed by atoms with Crippen LogP contribution in [-0.2, 0) is 13.0 Å². The lowest BCUT2D eigenvalue weighted by atomic mass is 10.0. The van der Waals surface area contributed by atoms with Gasteiger partial charge < -0.3 is 5.73 Å². The Labute approximate surface area is 114 Å². The largest absolute Gasteiger partial charge is 0.326 e. The zero-order valence-corrected chi connectivity index (χ0v) is 12.2. The second-order valence-corrected chi connectivity index (χ2v) is 6.87. The smallest absolute Gasteiger partial charge is 0.138 e. The molecule has 2 N–H and O–H groups in total. The average molecular weight is 268 g/mol. The minimum atomic E-state index is 0.213. The van der Waals surface area contributed by atoms with E-state index < -0.39 is 0 Å². The molecule has 1 aliphatic heterocycles. The molecule has 2 rings (SSSR count). The van der Waals surface area contributed by atoms with Gasteiger partial charge in [0.1, 0.15) is 12.2 Å². The van der Waals surface area contributed by atoms with Crippen LogP contribution in [0.4, 0.5) is 0 Å². The molecule has 5 heteroatoms. The van der Waals surface area contributed by atoms with Crippen LogP contribution in [0.5, 0.6) is 0 Å². The van der Waals surface area contributed by atoms with Gasteiger partial charge in [-0.05, 0) is 24.5 Å². The summed E-state index contributed by atoms with van der Waals surface area (Å²) in [4.78, 5) is 4.37. The molecule has 0 aromatic carbocycles. The molecule has 1 saturated heterocycles. The van der Waals surface area contributed by atoms with Crippen molar-refractivity contribution in [2.24, 2.45) is 11.7 Å². The van der Waals surface area contributed by atoms with E-state index in [1.54, 1.807) is 6.33 Å². The number of thioether (sulfide) groups is 1. The maximum atomic E-state index is 6.34. The Morgan fingerprint density at radius 2 is 2.33 bits per heavy atom. The highest BCUT2D eigenvalue weighted by molar-refractivity contribution is 8.00. The van der Waals surface area contributed by atoms with Gasteiger partial charge in [-0.25, -0.2) is 9.67 Å². The van der Waals surface area contributed by atoms with Crippen LogP contribution in [0.25, 0.3) is 0 Å². The second-order valence-electron chi connectivity index (χ2n) is 5.53. The van der Waals surface area contributed by atoms with Crippen LogP contribution in [0, 0.1) is 5.92 Å². The van der Waals surface area contributed by atoms with Gasteiger partial charge in [0.25, 0.3) is 0 Å². The van der Waals surface area contributed by atoms with Crippen molar-refractivity contribution in [1.82, 2.24) is 14.8 Å². The monoisotopic (exact) mass is 268 g/mol. The Kier molecular flexibility index (Phi) is 5.06. The summed E-state index contributed by atoms with van der Waals surface area (Å²) in [7, 11) is 0. The van der Waals surface area contributed by atoms with E-state index in [1.807, 2.05) is 16.4 Å². The van der Waals surface area contributed by atoms with Crippen LogP contribution in [0.1, 0.15) is 38.9 Å². The molecule has 0 amide bonds. The summed E-state index contributed by atoms with van der Waals surface area (Å²) < 4.78 is 2.01. The summed E-state index contributed by atoms with van der Waals surface area (Å²) in [6.07, 6.45) is 6.43. The van der Waals surface area contributed by atoms with Crippen LogP contribution >= 0.6 is 11.8 Å². The van der Waals surface area contributed by atoms with Crippen molar-refractivity contribution in [3.63, 3.8) is 0 Å². The third kappa shape index (κ3) is 3.72. The number of nitrogens with two attached hydrogens (primary N) is 1. The Morgan fingerprint density at radius 1 is 1.50 bits per heavy atom. The molecule has 18 heavy (non-hydrogen) atoms. The van der Waals surface area contributed by atoms with Crippen LogP contribution in [0.2, 0.25) is 0 Å². The molecular formula is C13H24N4S. The van der Waals surface area contributed by atoms with Crippen molar-refractivity contribution < 1.29 is 0 Å². The van der Waals surface area contributed by atoms with E-state index in [0.29, 0.717) is 11.2 Å². The van der Waals surface area contributed by atoms with Gasteiger partial charge in [0.2, 0.25) is 0 Å². The molecule has 2 unspecified atom stereocenters. The fourth-order valence-corrected chi connectivity index (χ4v) is 3.74. The van der Waals surface area contributed by atoms with Crippen molar-refractivity contribution in [2.45, 2.75) is 57.4 Å². The maximum absolute atomic E-state index is 6.34. The minimum Gasteiger partial charge on any atom is -0.326 e. The number of hydrogen-bond acceptors (Lipinski definition) is 4. The first-order valence-electron chi connectivity index (χ1n) is 6.90. The molecule has 2 atom stereocenters. The average Bonchev–Trinajstić information content (AvgIpc) is 2.77. The van der Waals surface area contributed by atoms with Crippen molar-refractivity contribution in [1.29, 1.82) is 0 Å². The van der Waals surface area contributed by atoms with Crippen LogP contribution in [-0.4, -0.2) is 31.8 Å². The molecule has 4 nitrogen and oxygen atoms in total. The fraction of sp³-hybridized carbons (Fsp3) is 0.846. The van der Waals surface area contributed by atoms with Gasteiger partial charge in [-0.1, -0.05) is 20.3 Å². The van der Waals surface area contributed by atoms with E-state index in [4.69, 9.17) is 5.73 Å². The lowest BCUT2D eigenvalue weighted by Gasteiger charge is -2.26. The SMILES string of the molecule is CC(C)Cn1ncnc1CC(N)C1CCCCS1. The first-order chi connectivity index (χ1) is 8.66. The fourth-order valence-electron chi connectivity index (χ4n) is 2.39. The molecule has 2 heterocycles. The highest BCUT2D eigenvalue weighted by Crippen LogP contribution is 2.27. The minimum absolute atomic E-state index is 0.213. The highest BCUT2D eigenvalue weighted by Gasteiger charge is 2.23. The van der Waals surface area contributed by atoms with Gasteiger partial charge in [-0.3, -0.25) is 0 Å². The summed E-state index contributed by atoms with van der Waals surface area (Å²) in [6, 6.07) is 0.213. The third-order valence-corrected chi connectivity index (χ3v) is 4.88. The lowest BCUT2D eigenvalue weighted by Crippen LogP contribution is -2.37. The molecule has 0 radical (unpaired) electrons. The van der Waals surface area contributed by atoms with Crippen molar-refractivity contribution in [3.8, 4) is 0 Å². The van der Waals surface area contributed by atoms with Crippen molar-refractivity contribution >= 4 is 11.8 Å². The Balaban J connectivity index is 1.93. The summed E-state index contributed by atoms with van der Waals surface area (Å²) >= 11 is 2.03. The highest BCUT2D eigenvalue weighted by atomic mass is 32.2. The maximum Gasteiger partial charge on any atom is 0.138 e. The molecule has 102 valence electrons. The Bertz CT molecular complexity index is 358. The van der Waals surface area contributed by atoms with Crippen molar-refractivity contribution in [2.75, 3.05) is 5.75 Å². The first kappa shape index (κ1) is 13.9. The zero-order chi connectivity index (χ0) is 13.0. The summed E-state index contributed by atoms with van der Waals surface area (Å²) in [5.41, 5.74) is 6.34.